The molecule has 0 spiro atoms. The van der Waals surface area contributed by atoms with Crippen LogP contribution in [-0.4, -0.2) is 148 Å². The molecule has 7 aromatic rings. The zero-order valence-corrected chi connectivity index (χ0v) is 58.7. The van der Waals surface area contributed by atoms with E-state index in [0.717, 1.165) is 65.6 Å². The molecule has 0 saturated heterocycles. The molecular weight excluding hydrogens is 1250 g/mol. The summed E-state index contributed by atoms with van der Waals surface area (Å²) in [5.74, 6) is -1.30. The van der Waals surface area contributed by atoms with Gasteiger partial charge in [0.2, 0.25) is 0 Å². The van der Waals surface area contributed by atoms with Crippen molar-refractivity contribution >= 4 is 84.1 Å². The van der Waals surface area contributed by atoms with Crippen LogP contribution in [0.25, 0.3) is 21.3 Å². The fourth-order valence-electron chi connectivity index (χ4n) is 16.7. The number of benzene rings is 4. The Balaban J connectivity index is 0.690. The number of hydrogen-bond acceptors (Lipinski definition) is 16. The highest BCUT2D eigenvalue weighted by Gasteiger charge is 2.66. The molecule has 6 N–H and O–H groups in total. The maximum absolute atomic E-state index is 13.8. The fraction of sp³-hybridized carbons (Fsp3) is 0.500. The van der Waals surface area contributed by atoms with Gasteiger partial charge in [-0.1, -0.05) is 156 Å². The van der Waals surface area contributed by atoms with E-state index in [1.807, 2.05) is 88.1 Å². The molecule has 19 nitrogen and oxygen atoms in total. The molecule has 2 atom stereocenters. The van der Waals surface area contributed by atoms with Crippen molar-refractivity contribution in [3.8, 4) is 11.1 Å². The van der Waals surface area contributed by atoms with Crippen LogP contribution in [0.4, 0.5) is 10.9 Å². The van der Waals surface area contributed by atoms with Crippen molar-refractivity contribution in [1.82, 2.24) is 30.0 Å². The summed E-state index contributed by atoms with van der Waals surface area (Å²) in [5, 5.41) is 24.8. The van der Waals surface area contributed by atoms with Crippen molar-refractivity contribution in [2.45, 2.75) is 130 Å². The van der Waals surface area contributed by atoms with Gasteiger partial charge in [-0.2, -0.15) is 13.5 Å². The van der Waals surface area contributed by atoms with E-state index in [1.165, 1.54) is 21.7 Å². The van der Waals surface area contributed by atoms with Gasteiger partial charge in [0.25, 0.3) is 24.3 Å². The van der Waals surface area contributed by atoms with E-state index >= 15 is 0 Å². The molecule has 4 fully saturated rings. The predicted octanol–water partition coefficient (Wildman–Crippen LogP) is 11.4. The maximum Gasteiger partial charge on any atom is 0.355 e. The topological polar surface area (TPSA) is 251 Å². The van der Waals surface area contributed by atoms with E-state index < -0.39 is 52.0 Å². The summed E-state index contributed by atoms with van der Waals surface area (Å²) in [6, 6.07) is 38.2. The van der Waals surface area contributed by atoms with E-state index in [4.69, 9.17) is 23.4 Å². The lowest BCUT2D eigenvalue weighted by Crippen LogP contribution is -2.66. The molecule has 5 aliphatic rings. The van der Waals surface area contributed by atoms with Crippen LogP contribution in [0.1, 0.15) is 131 Å². The Hall–Kier alpha value is -5.93. The minimum atomic E-state index is -4.25. The molecular formula is C70H94N8O11S3Si. The van der Waals surface area contributed by atoms with Crippen molar-refractivity contribution in [3.05, 3.63) is 150 Å². The summed E-state index contributed by atoms with van der Waals surface area (Å²) in [5.41, 5.74) is 4.23. The molecule has 23 heteroatoms. The monoisotopic (exact) mass is 1350 g/mol. The van der Waals surface area contributed by atoms with Crippen molar-refractivity contribution in [2.75, 3.05) is 80.8 Å². The van der Waals surface area contributed by atoms with Crippen LogP contribution in [0.15, 0.2) is 121 Å². The number of hydrogen-bond donors (Lipinski definition) is 6. The number of pyridine rings is 1. The van der Waals surface area contributed by atoms with Crippen molar-refractivity contribution < 1.29 is 50.1 Å². The summed E-state index contributed by atoms with van der Waals surface area (Å²) in [4.78, 5) is 40.4. The third-order valence-corrected chi connectivity index (χ3v) is 28.1. The fourth-order valence-corrected chi connectivity index (χ4v) is 23.9. The number of carbonyl (C=O) groups excluding carboxylic acids is 1. The molecule has 3 aromatic heterocycles. The van der Waals surface area contributed by atoms with Gasteiger partial charge in [-0.05, 0) is 137 Å². The highest BCUT2D eigenvalue weighted by Crippen LogP contribution is 2.72. The van der Waals surface area contributed by atoms with Gasteiger partial charge >= 0.3 is 5.97 Å². The minimum absolute atomic E-state index is 0.00553. The number of carboxylic acid groups (broad SMARTS) is 1. The number of nitrogens with zero attached hydrogens (tertiary/aromatic N) is 6. The lowest BCUT2D eigenvalue weighted by molar-refractivity contribution is -0.248. The number of nitrogens with one attached hydrogen (secondary N) is 2. The van der Waals surface area contributed by atoms with Crippen LogP contribution in [-0.2, 0) is 43.0 Å². The number of carboxylic acids is 1. The summed E-state index contributed by atoms with van der Waals surface area (Å²) in [6.07, 6.45) is 8.74. The molecule has 12 rings (SSSR count). The van der Waals surface area contributed by atoms with Gasteiger partial charge in [0.15, 0.2) is 10.8 Å². The average Bonchev–Trinajstić information content (AvgIpc) is 0.791. The lowest BCUT2D eigenvalue weighted by atomic mass is 9.39. The van der Waals surface area contributed by atoms with E-state index in [9.17, 15) is 36.8 Å². The summed E-state index contributed by atoms with van der Waals surface area (Å²) in [7, 11) is -11.1. The quantitative estimate of drug-likeness (QED) is 0.0145. The number of carbonyl (C=O) groups is 2. The third-order valence-electron chi connectivity index (χ3n) is 19.9. The van der Waals surface area contributed by atoms with Crippen molar-refractivity contribution in [3.63, 3.8) is 0 Å². The standard InChI is InChI=1S/C70H94N8O11S3Si/c1-50-56(54-26-27-60(74-61(54)63(80)81)77-32-28-51-18-17-23-55(57(51)41-77)62(79)75-64-73-58-24-15-16-25-59(58)90-64)40-72-78(50)48-69-43-67(7)42-68(8,44-69)46-70(45-67,47-69)87-37-34-76(35-39-91(82,83)84)33-30-71-31-38-92(85,86)88-49-66(5,6)29-36-89-93(65(2,3)4,52-19-11-9-12-20-52)53-21-13-10-14-22-53/h9-27,40,71,85-86H,28-39,41-49,92H2,1-8H3,(H,80,81)(H,73,75,79)(H,82,83,84). The number of aromatic carboxylic acids is 1. The Morgan fingerprint density at radius 1 is 0.796 bits per heavy atom. The van der Waals surface area contributed by atoms with Crippen LogP contribution >= 0.6 is 22.2 Å². The molecule has 93 heavy (non-hydrogen) atoms. The second kappa shape index (κ2) is 26.9. The number of rotatable bonds is 29. The molecule has 4 aromatic carbocycles. The Morgan fingerprint density at radius 2 is 1.48 bits per heavy atom. The molecule has 4 saturated carbocycles. The maximum atomic E-state index is 13.8. The average molecular weight is 1350 g/mol. The zero-order chi connectivity index (χ0) is 66.2. The first kappa shape index (κ1) is 68.5. The molecule has 4 heterocycles. The first-order valence-electron chi connectivity index (χ1n) is 32.6. The van der Waals surface area contributed by atoms with Gasteiger partial charge < -0.3 is 37.8 Å². The van der Waals surface area contributed by atoms with E-state index in [0.29, 0.717) is 93.0 Å². The minimum Gasteiger partial charge on any atom is -0.476 e. The van der Waals surface area contributed by atoms with E-state index in [-0.39, 0.29) is 58.3 Å². The number of aromatic nitrogens is 4. The normalized spacial score (nSPS) is 21.8. The highest BCUT2D eigenvalue weighted by atomic mass is 32.3. The van der Waals surface area contributed by atoms with Crippen LogP contribution in [0, 0.1) is 28.6 Å². The Morgan fingerprint density at radius 3 is 2.15 bits per heavy atom. The largest absolute Gasteiger partial charge is 0.476 e. The number of anilines is 2. The second-order valence-corrected chi connectivity index (χ2v) is 38.7. The van der Waals surface area contributed by atoms with Crippen LogP contribution < -0.4 is 25.9 Å². The highest BCUT2D eigenvalue weighted by molar-refractivity contribution is 8.20. The van der Waals surface area contributed by atoms with Crippen molar-refractivity contribution in [2.24, 2.45) is 21.7 Å². The number of amides is 1. The number of fused-ring (bicyclic) bond motifs is 2. The summed E-state index contributed by atoms with van der Waals surface area (Å²) in [6.45, 7) is 21.8. The Bertz CT molecular complexity index is 3850. The molecule has 4 aliphatic carbocycles. The molecule has 2 unspecified atom stereocenters. The number of ether oxygens (including phenoxy) is 1. The molecule has 1 aliphatic heterocycles. The number of thiazole rings is 1. The van der Waals surface area contributed by atoms with Gasteiger partial charge in [0, 0.05) is 87.1 Å². The molecule has 1 amide bonds. The van der Waals surface area contributed by atoms with E-state index in [2.05, 4.69) is 113 Å². The molecule has 4 bridgehead atoms. The number of para-hydroxylation sites is 1. The summed E-state index contributed by atoms with van der Waals surface area (Å²) < 4.78 is 79.5. The van der Waals surface area contributed by atoms with E-state index in [1.54, 1.807) is 6.20 Å². The SMILES string of the molecule is Cc1c(-c2ccc(N3CCc4cccc(C(=O)Nc5nc6ccccc6s5)c4C3)nc2C(=O)O)cnn1CC12CC3(C)CC(C)(C1)CC(OCCN(CCNCC[SH2](O)(O)OCC(C)(C)CCO[Si](c1ccccc1)(c1ccccc1)C(C)(C)C)CCS(=O)(=O)O)(C3)C2. The molecule has 502 valence electrons. The molecule has 0 radical (unpaired) electrons. The van der Waals surface area contributed by atoms with Gasteiger partial charge in [-0.25, -0.2) is 14.8 Å². The van der Waals surface area contributed by atoms with Crippen LogP contribution in [0.5, 0.6) is 0 Å². The first-order chi connectivity index (χ1) is 44.0. The third kappa shape index (κ3) is 15.7. The Labute approximate surface area is 554 Å². The smallest absolute Gasteiger partial charge is 0.355 e. The first-order valence-corrected chi connectivity index (χ1v) is 39.0. The predicted molar refractivity (Wildman–Crippen MR) is 375 cm³/mol. The van der Waals surface area contributed by atoms with Gasteiger partial charge in [0.05, 0.1) is 41.0 Å². The summed E-state index contributed by atoms with van der Waals surface area (Å²) >= 11 is 1.42. The lowest BCUT2D eigenvalue weighted by Gasteiger charge is -2.69. The van der Waals surface area contributed by atoms with Gasteiger partial charge in [-0.3, -0.25) is 24.2 Å². The van der Waals surface area contributed by atoms with Crippen LogP contribution in [0.2, 0.25) is 5.04 Å². The zero-order valence-electron chi connectivity index (χ0n) is 55.0. The second-order valence-electron chi connectivity index (χ2n) is 29.5. The van der Waals surface area contributed by atoms with Crippen LogP contribution in [0.3, 0.4) is 0 Å². The Kier molecular flexibility index (Phi) is 19.8. The van der Waals surface area contributed by atoms with Gasteiger partial charge in [-0.15, -0.1) is 0 Å². The van der Waals surface area contributed by atoms with Gasteiger partial charge in [0.1, 0.15) is 5.82 Å². The van der Waals surface area contributed by atoms with Crippen molar-refractivity contribution in [1.29, 1.82) is 0 Å².